The monoisotopic (exact) mass is 259 g/mol. The lowest BCUT2D eigenvalue weighted by molar-refractivity contribution is -0.116. The van der Waals surface area contributed by atoms with Crippen LogP contribution in [0.4, 0.5) is 5.69 Å². The quantitative estimate of drug-likeness (QED) is 0.806. The normalized spacial score (nSPS) is 18.4. The average Bonchev–Trinajstić information content (AvgIpc) is 2.36. The number of hydrogen-bond acceptors (Lipinski definition) is 2. The number of phenols is 1. The van der Waals surface area contributed by atoms with Gasteiger partial charge in [0.15, 0.2) is 0 Å². The molecule has 1 aromatic rings. The van der Waals surface area contributed by atoms with Gasteiger partial charge >= 0.3 is 0 Å². The van der Waals surface area contributed by atoms with Crippen molar-refractivity contribution in [2.75, 3.05) is 5.32 Å². The second kappa shape index (κ2) is 5.91. The second-order valence-corrected chi connectivity index (χ2v) is 5.13. The third kappa shape index (κ3) is 3.16. The summed E-state index contributed by atoms with van der Waals surface area (Å²) in [6.45, 7) is 4.01. The molecule has 1 aromatic carbocycles. The van der Waals surface area contributed by atoms with E-state index >= 15 is 0 Å². The van der Waals surface area contributed by atoms with Crippen LogP contribution in [-0.4, -0.2) is 11.0 Å². The molecule has 0 saturated heterocycles. The first-order chi connectivity index (χ1) is 9.11. The van der Waals surface area contributed by atoms with Crippen LogP contribution in [0.5, 0.6) is 5.75 Å². The molecule has 1 heterocycles. The van der Waals surface area contributed by atoms with Crippen molar-refractivity contribution in [3.05, 3.63) is 35.4 Å². The Hall–Kier alpha value is -1.77. The number of fused-ring (bicyclic) bond motifs is 1. The van der Waals surface area contributed by atoms with E-state index in [1.54, 1.807) is 6.07 Å². The smallest absolute Gasteiger partial charge is 0.224 e. The number of nitrogens with one attached hydrogen (secondary N) is 1. The number of allylic oxidation sites excluding steroid dienone is 2. The van der Waals surface area contributed by atoms with Crippen LogP contribution in [0.25, 0.3) is 0 Å². The fourth-order valence-corrected chi connectivity index (χ4v) is 2.54. The largest absolute Gasteiger partial charge is 0.508 e. The molecule has 0 unspecified atom stereocenters. The summed E-state index contributed by atoms with van der Waals surface area (Å²) in [5, 5.41) is 12.6. The van der Waals surface area contributed by atoms with Gasteiger partial charge in [0.2, 0.25) is 5.91 Å². The van der Waals surface area contributed by atoms with E-state index < -0.39 is 0 Å². The lowest BCUT2D eigenvalue weighted by Crippen LogP contribution is -2.23. The minimum atomic E-state index is 0.0419. The summed E-state index contributed by atoms with van der Waals surface area (Å²) in [4.78, 5) is 11.7. The molecule has 0 fully saturated rings. The van der Waals surface area contributed by atoms with E-state index in [1.165, 1.54) is 0 Å². The predicted molar refractivity (Wildman–Crippen MR) is 77.5 cm³/mol. The molecular weight excluding hydrogens is 238 g/mol. The summed E-state index contributed by atoms with van der Waals surface area (Å²) in [6, 6.07) is 3.66. The van der Waals surface area contributed by atoms with E-state index in [1.807, 2.05) is 13.0 Å². The van der Waals surface area contributed by atoms with Gasteiger partial charge in [0.05, 0.1) is 0 Å². The third-order valence-corrected chi connectivity index (χ3v) is 3.60. The number of anilines is 1. The van der Waals surface area contributed by atoms with Crippen molar-refractivity contribution in [2.45, 2.75) is 45.4 Å². The number of rotatable bonds is 4. The standard InChI is InChI=1S/C16H21NO2/c1-3-4-5-6-7-12-9-16(19)17-14-10-15(18)11(2)8-13(12)14/h4-5,8,10,12,18H,3,6-7,9H2,1-2H3,(H,17,19)/b5-4-/t12-/m1/s1. The van der Waals surface area contributed by atoms with Gasteiger partial charge in [-0.05, 0) is 43.2 Å². The zero-order valence-corrected chi connectivity index (χ0v) is 11.6. The topological polar surface area (TPSA) is 49.3 Å². The molecule has 0 spiro atoms. The van der Waals surface area contributed by atoms with E-state index in [4.69, 9.17) is 0 Å². The number of amides is 1. The lowest BCUT2D eigenvalue weighted by atomic mass is 9.86. The highest BCUT2D eigenvalue weighted by atomic mass is 16.3. The van der Waals surface area contributed by atoms with Gasteiger partial charge in [0.1, 0.15) is 5.75 Å². The minimum Gasteiger partial charge on any atom is -0.508 e. The number of aryl methyl sites for hydroxylation is 1. The molecule has 0 saturated carbocycles. The Kier molecular flexibility index (Phi) is 4.25. The second-order valence-electron chi connectivity index (χ2n) is 5.13. The van der Waals surface area contributed by atoms with Gasteiger partial charge in [0.25, 0.3) is 0 Å². The Morgan fingerprint density at radius 1 is 1.42 bits per heavy atom. The molecule has 102 valence electrons. The Labute approximate surface area is 114 Å². The predicted octanol–water partition coefficient (Wildman–Crippen LogP) is 3.87. The fourth-order valence-electron chi connectivity index (χ4n) is 2.54. The average molecular weight is 259 g/mol. The van der Waals surface area contributed by atoms with E-state index in [-0.39, 0.29) is 17.6 Å². The fraction of sp³-hybridized carbons (Fsp3) is 0.438. The van der Waals surface area contributed by atoms with Crippen LogP contribution in [0, 0.1) is 6.92 Å². The molecule has 2 N–H and O–H groups in total. The summed E-state index contributed by atoms with van der Waals surface area (Å²) >= 11 is 0. The maximum atomic E-state index is 11.7. The maximum absolute atomic E-state index is 11.7. The SMILES string of the molecule is CC/C=C\CC[C@@H]1CC(=O)Nc2cc(O)c(C)cc21. The molecule has 0 bridgehead atoms. The van der Waals surface area contributed by atoms with Gasteiger partial charge in [-0.25, -0.2) is 0 Å². The van der Waals surface area contributed by atoms with E-state index in [0.29, 0.717) is 6.42 Å². The summed E-state index contributed by atoms with van der Waals surface area (Å²) in [5.41, 5.74) is 2.78. The van der Waals surface area contributed by atoms with Crippen molar-refractivity contribution in [1.29, 1.82) is 0 Å². The third-order valence-electron chi connectivity index (χ3n) is 3.60. The molecule has 3 nitrogen and oxygen atoms in total. The van der Waals surface area contributed by atoms with E-state index in [0.717, 1.165) is 36.1 Å². The molecule has 19 heavy (non-hydrogen) atoms. The van der Waals surface area contributed by atoms with Crippen molar-refractivity contribution >= 4 is 11.6 Å². The lowest BCUT2D eigenvalue weighted by Gasteiger charge is -2.26. The molecule has 0 aliphatic carbocycles. The zero-order valence-electron chi connectivity index (χ0n) is 11.6. The summed E-state index contributed by atoms with van der Waals surface area (Å²) in [6.07, 6.45) is 7.89. The van der Waals surface area contributed by atoms with Crippen molar-refractivity contribution in [2.24, 2.45) is 0 Å². The highest BCUT2D eigenvalue weighted by Gasteiger charge is 2.25. The molecule has 1 aliphatic heterocycles. The van der Waals surface area contributed by atoms with Crippen LogP contribution in [0.15, 0.2) is 24.3 Å². The first-order valence-corrected chi connectivity index (χ1v) is 6.90. The molecule has 1 aliphatic rings. The Morgan fingerprint density at radius 2 is 2.21 bits per heavy atom. The van der Waals surface area contributed by atoms with Crippen molar-refractivity contribution in [3.63, 3.8) is 0 Å². The first kappa shape index (κ1) is 13.7. The van der Waals surface area contributed by atoms with Gasteiger partial charge in [0, 0.05) is 18.2 Å². The van der Waals surface area contributed by atoms with E-state index in [9.17, 15) is 9.90 Å². The highest BCUT2D eigenvalue weighted by molar-refractivity contribution is 5.95. The van der Waals surface area contributed by atoms with Crippen molar-refractivity contribution in [3.8, 4) is 5.75 Å². The van der Waals surface area contributed by atoms with Crippen LogP contribution in [0.3, 0.4) is 0 Å². The molecular formula is C16H21NO2. The van der Waals surface area contributed by atoms with E-state index in [2.05, 4.69) is 24.4 Å². The molecule has 1 amide bonds. The highest BCUT2D eigenvalue weighted by Crippen LogP contribution is 2.38. The van der Waals surface area contributed by atoms with Gasteiger partial charge in [-0.1, -0.05) is 25.1 Å². The van der Waals surface area contributed by atoms with Crippen LogP contribution >= 0.6 is 0 Å². The molecule has 1 atom stereocenters. The van der Waals surface area contributed by atoms with Gasteiger partial charge in [-0.2, -0.15) is 0 Å². The molecule has 2 rings (SSSR count). The van der Waals surface area contributed by atoms with Crippen LogP contribution in [-0.2, 0) is 4.79 Å². The Bertz CT molecular complexity index is 506. The van der Waals surface area contributed by atoms with Gasteiger partial charge in [-0.15, -0.1) is 0 Å². The summed E-state index contributed by atoms with van der Waals surface area (Å²) < 4.78 is 0. The number of phenolic OH excluding ortho intramolecular Hbond substituents is 1. The number of benzene rings is 1. The number of carbonyl (C=O) groups is 1. The first-order valence-electron chi connectivity index (χ1n) is 6.90. The molecule has 3 heteroatoms. The van der Waals surface area contributed by atoms with Crippen LogP contribution in [0.2, 0.25) is 0 Å². The van der Waals surface area contributed by atoms with Gasteiger partial charge < -0.3 is 10.4 Å². The number of hydrogen-bond donors (Lipinski definition) is 2. The molecule has 0 radical (unpaired) electrons. The maximum Gasteiger partial charge on any atom is 0.224 e. The van der Waals surface area contributed by atoms with Crippen molar-refractivity contribution < 1.29 is 9.90 Å². The zero-order chi connectivity index (χ0) is 13.8. The summed E-state index contributed by atoms with van der Waals surface area (Å²) in [5.74, 6) is 0.537. The minimum absolute atomic E-state index is 0.0419. The van der Waals surface area contributed by atoms with Crippen LogP contribution in [0.1, 0.15) is 49.7 Å². The number of aromatic hydroxyl groups is 1. The number of carbonyl (C=O) groups excluding carboxylic acids is 1. The van der Waals surface area contributed by atoms with Crippen molar-refractivity contribution in [1.82, 2.24) is 0 Å². The Morgan fingerprint density at radius 3 is 2.95 bits per heavy atom. The van der Waals surface area contributed by atoms with Gasteiger partial charge in [-0.3, -0.25) is 4.79 Å². The summed E-state index contributed by atoms with van der Waals surface area (Å²) in [7, 11) is 0. The van der Waals surface area contributed by atoms with Crippen LogP contribution < -0.4 is 5.32 Å². The molecule has 0 aromatic heterocycles. The Balaban J connectivity index is 2.20.